The maximum atomic E-state index is 12.7. The lowest BCUT2D eigenvalue weighted by Crippen LogP contribution is -2.11. The monoisotopic (exact) mass is 341 g/mol. The van der Waals surface area contributed by atoms with Crippen molar-refractivity contribution in [3.8, 4) is 10.6 Å². The van der Waals surface area contributed by atoms with E-state index >= 15 is 0 Å². The van der Waals surface area contributed by atoms with Crippen LogP contribution in [0.2, 0.25) is 0 Å². The molecule has 0 saturated carbocycles. The van der Waals surface area contributed by atoms with E-state index in [0.29, 0.717) is 12.1 Å². The van der Waals surface area contributed by atoms with Crippen molar-refractivity contribution in [3.05, 3.63) is 40.4 Å². The summed E-state index contributed by atoms with van der Waals surface area (Å²) in [7, 11) is 0. The van der Waals surface area contributed by atoms with Crippen LogP contribution in [0.4, 0.5) is 26.3 Å². The summed E-state index contributed by atoms with van der Waals surface area (Å²) >= 11 is 0.249. The molecule has 1 heterocycles. The van der Waals surface area contributed by atoms with Crippen LogP contribution in [-0.2, 0) is 12.4 Å². The van der Waals surface area contributed by atoms with E-state index in [0.717, 1.165) is 12.1 Å². The second kappa shape index (κ2) is 5.27. The van der Waals surface area contributed by atoms with Crippen LogP contribution in [0, 0.1) is 0 Å². The van der Waals surface area contributed by atoms with Crippen LogP contribution < -0.4 is 0 Å². The number of benzene rings is 1. The first-order valence-corrected chi connectivity index (χ1v) is 6.30. The van der Waals surface area contributed by atoms with Crippen LogP contribution in [0.3, 0.4) is 0 Å². The first-order chi connectivity index (χ1) is 10.00. The number of nitrogens with zero attached hydrogens (tertiary/aromatic N) is 1. The second-order valence-electron chi connectivity index (χ2n) is 4.07. The average molecular weight is 341 g/mol. The topological polar surface area (TPSA) is 50.2 Å². The summed E-state index contributed by atoms with van der Waals surface area (Å²) in [6, 6.07) is 3.25. The molecule has 0 radical (unpaired) electrons. The van der Waals surface area contributed by atoms with Crippen LogP contribution in [0.5, 0.6) is 0 Å². The Hall–Kier alpha value is -2.10. The molecule has 2 aromatic rings. The molecule has 0 aliphatic heterocycles. The van der Waals surface area contributed by atoms with Crippen LogP contribution in [-0.4, -0.2) is 16.1 Å². The fourth-order valence-electron chi connectivity index (χ4n) is 1.58. The average Bonchev–Trinajstić information content (AvgIpc) is 2.83. The van der Waals surface area contributed by atoms with E-state index < -0.39 is 34.5 Å². The van der Waals surface area contributed by atoms with Gasteiger partial charge in [-0.3, -0.25) is 0 Å². The Balaban J connectivity index is 2.48. The minimum atomic E-state index is -4.96. The van der Waals surface area contributed by atoms with Crippen molar-refractivity contribution in [3.63, 3.8) is 0 Å². The normalized spacial score (nSPS) is 12.5. The molecule has 0 fully saturated rings. The first-order valence-electron chi connectivity index (χ1n) is 5.49. The van der Waals surface area contributed by atoms with Crippen molar-refractivity contribution in [2.45, 2.75) is 12.4 Å². The van der Waals surface area contributed by atoms with Gasteiger partial charge in [-0.1, -0.05) is 12.1 Å². The molecule has 10 heteroatoms. The number of thiazole rings is 1. The van der Waals surface area contributed by atoms with Crippen LogP contribution in [0.15, 0.2) is 24.3 Å². The zero-order valence-electron chi connectivity index (χ0n) is 10.3. The van der Waals surface area contributed by atoms with Gasteiger partial charge in [0.05, 0.1) is 5.56 Å². The van der Waals surface area contributed by atoms with E-state index in [1.165, 1.54) is 0 Å². The third-order valence-corrected chi connectivity index (χ3v) is 3.64. The molecule has 1 aromatic carbocycles. The largest absolute Gasteiger partial charge is 0.477 e. The molecule has 0 aliphatic rings. The number of carboxylic acids is 1. The maximum Gasteiger partial charge on any atom is 0.435 e. The van der Waals surface area contributed by atoms with Crippen LogP contribution >= 0.6 is 11.3 Å². The minimum Gasteiger partial charge on any atom is -0.477 e. The number of carboxylic acid groups (broad SMARTS) is 1. The molecular weight excluding hydrogens is 336 g/mol. The lowest BCUT2D eigenvalue weighted by Gasteiger charge is -2.06. The Bertz CT molecular complexity index is 702. The number of hydrogen-bond acceptors (Lipinski definition) is 3. The summed E-state index contributed by atoms with van der Waals surface area (Å²) in [5, 5.41) is 8.44. The number of aromatic carboxylic acids is 1. The van der Waals surface area contributed by atoms with E-state index in [4.69, 9.17) is 5.11 Å². The molecule has 1 N–H and O–H groups in total. The Morgan fingerprint density at radius 3 is 1.91 bits per heavy atom. The molecule has 3 nitrogen and oxygen atoms in total. The van der Waals surface area contributed by atoms with Gasteiger partial charge in [0.15, 0.2) is 5.69 Å². The van der Waals surface area contributed by atoms with Crippen LogP contribution in [0.25, 0.3) is 10.6 Å². The van der Waals surface area contributed by atoms with Gasteiger partial charge in [-0.15, -0.1) is 11.3 Å². The number of hydrogen-bond donors (Lipinski definition) is 1. The smallest absolute Gasteiger partial charge is 0.435 e. The number of carbonyl (C=O) groups is 1. The van der Waals surface area contributed by atoms with Crippen LogP contribution in [0.1, 0.15) is 20.9 Å². The standard InChI is InChI=1S/C12H5F6NO2S/c13-11(14,15)6-3-1-5(2-4-6)9-19-8(12(16,17)18)7(22-9)10(20)21/h1-4H,(H,20,21). The molecule has 22 heavy (non-hydrogen) atoms. The molecule has 1 aromatic heterocycles. The maximum absolute atomic E-state index is 12.7. The van der Waals surface area contributed by atoms with Gasteiger partial charge >= 0.3 is 18.3 Å². The van der Waals surface area contributed by atoms with Gasteiger partial charge in [0.25, 0.3) is 0 Å². The number of aromatic nitrogens is 1. The summed E-state index contributed by atoms with van der Waals surface area (Å²) in [6.07, 6.45) is -9.54. The molecular formula is C12H5F6NO2S. The molecule has 0 spiro atoms. The molecule has 0 atom stereocenters. The van der Waals surface area contributed by atoms with Gasteiger partial charge in [-0.05, 0) is 12.1 Å². The molecule has 0 bridgehead atoms. The summed E-state index contributed by atoms with van der Waals surface area (Å²) < 4.78 is 75.3. The van der Waals surface area contributed by atoms with Crippen molar-refractivity contribution in [2.24, 2.45) is 0 Å². The molecule has 118 valence electrons. The zero-order chi connectivity index (χ0) is 16.7. The summed E-state index contributed by atoms with van der Waals surface area (Å²) in [6.45, 7) is 0. The molecule has 0 aliphatic carbocycles. The van der Waals surface area contributed by atoms with Crippen molar-refractivity contribution in [1.82, 2.24) is 4.98 Å². The first kappa shape index (κ1) is 16.3. The zero-order valence-corrected chi connectivity index (χ0v) is 11.1. The van der Waals surface area contributed by atoms with Crippen molar-refractivity contribution in [2.75, 3.05) is 0 Å². The lowest BCUT2D eigenvalue weighted by molar-refractivity contribution is -0.141. The van der Waals surface area contributed by atoms with E-state index in [9.17, 15) is 31.1 Å². The van der Waals surface area contributed by atoms with E-state index in [1.807, 2.05) is 0 Å². The number of halogens is 6. The predicted octanol–water partition coefficient (Wildman–Crippen LogP) is 4.55. The summed E-state index contributed by atoms with van der Waals surface area (Å²) in [4.78, 5) is 13.0. The number of rotatable bonds is 2. The fourth-order valence-corrected chi connectivity index (χ4v) is 2.51. The lowest BCUT2D eigenvalue weighted by atomic mass is 10.1. The third-order valence-electron chi connectivity index (χ3n) is 2.55. The van der Waals surface area contributed by atoms with E-state index in [-0.39, 0.29) is 21.9 Å². The third kappa shape index (κ3) is 3.21. The minimum absolute atomic E-state index is 0.0315. The summed E-state index contributed by atoms with van der Waals surface area (Å²) in [5.41, 5.74) is -2.57. The predicted molar refractivity (Wildman–Crippen MR) is 64.5 cm³/mol. The second-order valence-corrected chi connectivity index (χ2v) is 5.07. The molecule has 0 amide bonds. The Morgan fingerprint density at radius 1 is 1.00 bits per heavy atom. The highest BCUT2D eigenvalue weighted by atomic mass is 32.1. The van der Waals surface area contributed by atoms with Gasteiger partial charge in [0, 0.05) is 5.56 Å². The van der Waals surface area contributed by atoms with Crippen molar-refractivity contribution < 1.29 is 36.2 Å². The Labute approximate surface area is 122 Å². The van der Waals surface area contributed by atoms with E-state index in [2.05, 4.69) is 4.98 Å². The van der Waals surface area contributed by atoms with Gasteiger partial charge < -0.3 is 5.11 Å². The van der Waals surface area contributed by atoms with Gasteiger partial charge in [0.1, 0.15) is 9.88 Å². The summed E-state index contributed by atoms with van der Waals surface area (Å²) in [5.74, 6) is -1.80. The Kier molecular flexibility index (Phi) is 3.90. The highest BCUT2D eigenvalue weighted by Gasteiger charge is 2.40. The highest BCUT2D eigenvalue weighted by molar-refractivity contribution is 7.17. The number of alkyl halides is 6. The van der Waals surface area contributed by atoms with E-state index in [1.54, 1.807) is 0 Å². The Morgan fingerprint density at radius 2 is 1.55 bits per heavy atom. The van der Waals surface area contributed by atoms with Gasteiger partial charge in [0.2, 0.25) is 0 Å². The van der Waals surface area contributed by atoms with Crippen molar-refractivity contribution >= 4 is 17.3 Å². The molecule has 0 unspecified atom stereocenters. The van der Waals surface area contributed by atoms with Crippen molar-refractivity contribution in [1.29, 1.82) is 0 Å². The quantitative estimate of drug-likeness (QED) is 0.816. The van der Waals surface area contributed by atoms with Gasteiger partial charge in [-0.25, -0.2) is 9.78 Å². The molecule has 0 saturated heterocycles. The SMILES string of the molecule is O=C(O)c1sc(-c2ccc(C(F)(F)F)cc2)nc1C(F)(F)F. The molecule has 2 rings (SSSR count). The highest BCUT2D eigenvalue weighted by Crippen LogP contribution is 2.38. The van der Waals surface area contributed by atoms with Gasteiger partial charge in [-0.2, -0.15) is 26.3 Å². The fraction of sp³-hybridized carbons (Fsp3) is 0.167.